The van der Waals surface area contributed by atoms with E-state index in [0.29, 0.717) is 17.2 Å². The lowest BCUT2D eigenvalue weighted by Crippen LogP contribution is -2.37. The Morgan fingerprint density at radius 1 is 1.30 bits per heavy atom. The van der Waals surface area contributed by atoms with Crippen molar-refractivity contribution in [3.63, 3.8) is 0 Å². The molecule has 1 aliphatic heterocycles. The third kappa shape index (κ3) is 4.34. The average molecular weight is 336 g/mol. The highest BCUT2D eigenvalue weighted by atomic mass is 32.2. The van der Waals surface area contributed by atoms with Crippen LogP contribution in [0.3, 0.4) is 0 Å². The van der Waals surface area contributed by atoms with Crippen molar-refractivity contribution in [1.29, 1.82) is 0 Å². The summed E-state index contributed by atoms with van der Waals surface area (Å²) in [5.41, 5.74) is 1.13. The summed E-state index contributed by atoms with van der Waals surface area (Å²) in [6, 6.07) is 6.72. The van der Waals surface area contributed by atoms with Crippen LogP contribution in [0.2, 0.25) is 0 Å². The van der Waals surface area contributed by atoms with E-state index in [0.717, 1.165) is 32.2 Å². The second kappa shape index (κ2) is 7.17. The van der Waals surface area contributed by atoms with Gasteiger partial charge < -0.3 is 4.90 Å². The van der Waals surface area contributed by atoms with Crippen LogP contribution in [-0.2, 0) is 10.0 Å². The molecule has 2 rings (SSSR count). The van der Waals surface area contributed by atoms with E-state index in [2.05, 4.69) is 13.5 Å². The molecule has 0 aromatic heterocycles. The fourth-order valence-corrected chi connectivity index (χ4v) is 3.59. The number of sulfonamides is 1. The standard InChI is InChI=1S/C17H24N2O3S/c1-4-11-19(23(3,21)22)16-7-5-15(6-8-16)17(20)18-12-9-14(2)10-13-18/h4-8,14H,1,9-13H2,2-3H3. The molecule has 1 heterocycles. The third-order valence-corrected chi connectivity index (χ3v) is 5.33. The first kappa shape index (κ1) is 17.5. The zero-order valence-electron chi connectivity index (χ0n) is 13.7. The molecule has 1 saturated heterocycles. The minimum absolute atomic E-state index is 0.0121. The van der Waals surface area contributed by atoms with Crippen molar-refractivity contribution in [2.75, 3.05) is 30.2 Å². The van der Waals surface area contributed by atoms with Gasteiger partial charge in [-0.2, -0.15) is 0 Å². The number of carbonyl (C=O) groups excluding carboxylic acids is 1. The first-order valence-corrected chi connectivity index (χ1v) is 9.65. The smallest absolute Gasteiger partial charge is 0.253 e. The van der Waals surface area contributed by atoms with Gasteiger partial charge in [-0.25, -0.2) is 8.42 Å². The third-order valence-electron chi connectivity index (χ3n) is 4.17. The Kier molecular flexibility index (Phi) is 5.46. The molecule has 0 radical (unpaired) electrons. The summed E-state index contributed by atoms with van der Waals surface area (Å²) in [7, 11) is -3.37. The molecule has 0 aliphatic carbocycles. The van der Waals surface area contributed by atoms with Crippen LogP contribution in [0.15, 0.2) is 36.9 Å². The van der Waals surface area contributed by atoms with Gasteiger partial charge in [-0.15, -0.1) is 6.58 Å². The normalized spacial score (nSPS) is 16.2. The molecule has 0 N–H and O–H groups in total. The van der Waals surface area contributed by atoms with Crippen molar-refractivity contribution in [3.05, 3.63) is 42.5 Å². The van der Waals surface area contributed by atoms with E-state index < -0.39 is 10.0 Å². The minimum Gasteiger partial charge on any atom is -0.339 e. The number of anilines is 1. The van der Waals surface area contributed by atoms with Gasteiger partial charge in [-0.1, -0.05) is 13.0 Å². The first-order valence-electron chi connectivity index (χ1n) is 7.81. The highest BCUT2D eigenvalue weighted by Gasteiger charge is 2.22. The van der Waals surface area contributed by atoms with Gasteiger partial charge in [0, 0.05) is 18.7 Å². The molecule has 0 spiro atoms. The average Bonchev–Trinajstić information content (AvgIpc) is 2.52. The number of rotatable bonds is 5. The Balaban J connectivity index is 2.15. The van der Waals surface area contributed by atoms with Gasteiger partial charge in [-0.05, 0) is 43.0 Å². The molecular formula is C17H24N2O3S. The molecule has 6 heteroatoms. The molecule has 0 atom stereocenters. The van der Waals surface area contributed by atoms with E-state index in [1.807, 2.05) is 4.90 Å². The number of carbonyl (C=O) groups is 1. The summed E-state index contributed by atoms with van der Waals surface area (Å²) in [5, 5.41) is 0. The maximum absolute atomic E-state index is 12.5. The van der Waals surface area contributed by atoms with Gasteiger partial charge in [0.25, 0.3) is 5.91 Å². The molecule has 0 unspecified atom stereocenters. The van der Waals surface area contributed by atoms with E-state index in [4.69, 9.17) is 0 Å². The summed E-state index contributed by atoms with van der Waals surface area (Å²) in [6.45, 7) is 7.57. The number of piperidine rings is 1. The molecule has 1 amide bonds. The van der Waals surface area contributed by atoms with E-state index in [1.165, 1.54) is 10.4 Å². The fraction of sp³-hybridized carbons (Fsp3) is 0.471. The predicted octanol–water partition coefficient (Wildman–Crippen LogP) is 2.51. The zero-order chi connectivity index (χ0) is 17.0. The van der Waals surface area contributed by atoms with Crippen LogP contribution in [0.5, 0.6) is 0 Å². The summed E-state index contributed by atoms with van der Waals surface area (Å²) in [5.74, 6) is 0.682. The lowest BCUT2D eigenvalue weighted by molar-refractivity contribution is 0.0697. The molecule has 1 aromatic rings. The lowest BCUT2D eigenvalue weighted by Gasteiger charge is -2.30. The van der Waals surface area contributed by atoms with Gasteiger partial charge >= 0.3 is 0 Å². The van der Waals surface area contributed by atoms with Crippen molar-refractivity contribution >= 4 is 21.6 Å². The van der Waals surface area contributed by atoms with Crippen LogP contribution in [-0.4, -0.2) is 45.1 Å². The SMILES string of the molecule is C=CCN(c1ccc(C(=O)N2CCC(C)CC2)cc1)S(C)(=O)=O. The number of hydrogen-bond acceptors (Lipinski definition) is 3. The van der Waals surface area contributed by atoms with Crippen LogP contribution in [0.1, 0.15) is 30.1 Å². The Bertz CT molecular complexity index is 660. The topological polar surface area (TPSA) is 57.7 Å². The first-order chi connectivity index (χ1) is 10.8. The Morgan fingerprint density at radius 3 is 2.35 bits per heavy atom. The number of likely N-dealkylation sites (tertiary alicyclic amines) is 1. The minimum atomic E-state index is -3.37. The molecule has 126 valence electrons. The quantitative estimate of drug-likeness (QED) is 0.776. The summed E-state index contributed by atoms with van der Waals surface area (Å²) in [4.78, 5) is 14.4. The highest BCUT2D eigenvalue weighted by Crippen LogP contribution is 2.21. The lowest BCUT2D eigenvalue weighted by atomic mass is 9.98. The van der Waals surface area contributed by atoms with Gasteiger partial charge in [-0.3, -0.25) is 9.10 Å². The van der Waals surface area contributed by atoms with Gasteiger partial charge in [0.05, 0.1) is 18.5 Å². The summed E-state index contributed by atoms with van der Waals surface area (Å²) < 4.78 is 24.9. The van der Waals surface area contributed by atoms with Crippen molar-refractivity contribution in [2.24, 2.45) is 5.92 Å². The summed E-state index contributed by atoms with van der Waals surface area (Å²) in [6.07, 6.45) is 4.76. The molecule has 23 heavy (non-hydrogen) atoms. The predicted molar refractivity (Wildman–Crippen MR) is 93.1 cm³/mol. The van der Waals surface area contributed by atoms with Crippen LogP contribution in [0.4, 0.5) is 5.69 Å². The molecule has 1 aliphatic rings. The van der Waals surface area contributed by atoms with Crippen molar-refractivity contribution in [1.82, 2.24) is 4.90 Å². The fourth-order valence-electron chi connectivity index (χ4n) is 2.71. The Morgan fingerprint density at radius 2 is 1.87 bits per heavy atom. The van der Waals surface area contributed by atoms with Crippen molar-refractivity contribution < 1.29 is 13.2 Å². The second-order valence-electron chi connectivity index (χ2n) is 6.10. The number of hydrogen-bond donors (Lipinski definition) is 0. The van der Waals surface area contributed by atoms with Crippen LogP contribution < -0.4 is 4.31 Å². The Labute approximate surface area is 138 Å². The molecule has 5 nitrogen and oxygen atoms in total. The molecule has 1 fully saturated rings. The monoisotopic (exact) mass is 336 g/mol. The van der Waals surface area contributed by atoms with E-state index in [1.54, 1.807) is 24.3 Å². The Hall–Kier alpha value is -1.82. The van der Waals surface area contributed by atoms with Crippen LogP contribution in [0.25, 0.3) is 0 Å². The molecule has 0 saturated carbocycles. The number of benzene rings is 1. The second-order valence-corrected chi connectivity index (χ2v) is 8.01. The van der Waals surface area contributed by atoms with Gasteiger partial charge in [0.15, 0.2) is 0 Å². The van der Waals surface area contributed by atoms with E-state index >= 15 is 0 Å². The van der Waals surface area contributed by atoms with Crippen molar-refractivity contribution in [3.8, 4) is 0 Å². The van der Waals surface area contributed by atoms with E-state index in [9.17, 15) is 13.2 Å². The van der Waals surface area contributed by atoms with Gasteiger partial charge in [0.2, 0.25) is 10.0 Å². The molecule has 0 bridgehead atoms. The zero-order valence-corrected chi connectivity index (χ0v) is 14.6. The number of nitrogens with zero attached hydrogens (tertiary/aromatic N) is 2. The highest BCUT2D eigenvalue weighted by molar-refractivity contribution is 7.92. The molecular weight excluding hydrogens is 312 g/mol. The van der Waals surface area contributed by atoms with Crippen molar-refractivity contribution in [2.45, 2.75) is 19.8 Å². The summed E-state index contributed by atoms with van der Waals surface area (Å²) >= 11 is 0. The van der Waals surface area contributed by atoms with E-state index in [-0.39, 0.29) is 12.5 Å². The van der Waals surface area contributed by atoms with Crippen LogP contribution in [0, 0.1) is 5.92 Å². The van der Waals surface area contributed by atoms with Gasteiger partial charge in [0.1, 0.15) is 0 Å². The molecule has 1 aromatic carbocycles. The largest absolute Gasteiger partial charge is 0.339 e. The maximum atomic E-state index is 12.5. The van der Waals surface area contributed by atoms with Crippen LogP contribution >= 0.6 is 0 Å². The number of amides is 1. The maximum Gasteiger partial charge on any atom is 0.253 e.